The highest BCUT2D eigenvalue weighted by molar-refractivity contribution is 7.92. The smallest absolute Gasteiger partial charge is 0.264 e. The zero-order valence-corrected chi connectivity index (χ0v) is 16.6. The van der Waals surface area contributed by atoms with Gasteiger partial charge in [0.1, 0.15) is 16.5 Å². The molecule has 1 aliphatic rings. The van der Waals surface area contributed by atoms with Crippen LogP contribution in [0.4, 0.5) is 20.3 Å². The number of nitrogens with zero attached hydrogens (tertiary/aromatic N) is 3. The molecule has 4 rings (SSSR count). The number of halogens is 2. The molecule has 2 heterocycles. The summed E-state index contributed by atoms with van der Waals surface area (Å²) in [5.41, 5.74) is 1.61. The van der Waals surface area contributed by atoms with Crippen LogP contribution in [-0.4, -0.2) is 44.9 Å². The lowest BCUT2D eigenvalue weighted by Gasteiger charge is -2.27. The Kier molecular flexibility index (Phi) is 5.60. The van der Waals surface area contributed by atoms with E-state index in [9.17, 15) is 17.2 Å². The van der Waals surface area contributed by atoms with Crippen molar-refractivity contribution in [1.29, 1.82) is 0 Å². The molecular formula is C20H18F2N4O3S. The maximum Gasteiger partial charge on any atom is 0.264 e. The van der Waals surface area contributed by atoms with Gasteiger partial charge in [0, 0.05) is 30.4 Å². The second kappa shape index (κ2) is 8.33. The predicted molar refractivity (Wildman–Crippen MR) is 108 cm³/mol. The van der Waals surface area contributed by atoms with E-state index in [0.29, 0.717) is 25.0 Å². The van der Waals surface area contributed by atoms with E-state index in [1.807, 2.05) is 12.1 Å². The van der Waals surface area contributed by atoms with Gasteiger partial charge in [-0.1, -0.05) is 12.1 Å². The van der Waals surface area contributed by atoms with Crippen LogP contribution >= 0.6 is 0 Å². The van der Waals surface area contributed by atoms with Crippen LogP contribution in [0.25, 0.3) is 11.3 Å². The van der Waals surface area contributed by atoms with E-state index in [0.717, 1.165) is 36.6 Å². The normalized spacial score (nSPS) is 14.5. The Hall–Kier alpha value is -3.11. The summed E-state index contributed by atoms with van der Waals surface area (Å²) in [5, 5.41) is 8.49. The molecule has 7 nitrogen and oxygen atoms in total. The van der Waals surface area contributed by atoms with E-state index < -0.39 is 26.6 Å². The Balaban J connectivity index is 1.48. The molecule has 0 saturated carbocycles. The Morgan fingerprint density at radius 2 is 1.67 bits per heavy atom. The second-order valence-electron chi connectivity index (χ2n) is 6.63. The van der Waals surface area contributed by atoms with E-state index in [1.54, 1.807) is 12.1 Å². The van der Waals surface area contributed by atoms with Crippen molar-refractivity contribution in [3.8, 4) is 11.3 Å². The standard InChI is InChI=1S/C20H18F2N4O3S/c21-15-3-7-19(17(22)13-15)30(27,28)25-16-4-1-14(2-5-16)18-6-8-20(24-23-18)26-9-11-29-12-10-26/h1-8,13,25H,9-12H2. The van der Waals surface area contributed by atoms with E-state index >= 15 is 0 Å². The SMILES string of the molecule is O=S(=O)(Nc1ccc(-c2ccc(N3CCOCC3)nn2)cc1)c1ccc(F)cc1F. The minimum absolute atomic E-state index is 0.236. The van der Waals surface area contributed by atoms with E-state index in [-0.39, 0.29) is 5.69 Å². The molecule has 0 radical (unpaired) electrons. The summed E-state index contributed by atoms with van der Waals surface area (Å²) in [6.45, 7) is 2.83. The summed E-state index contributed by atoms with van der Waals surface area (Å²) in [6.07, 6.45) is 0. The van der Waals surface area contributed by atoms with Crippen molar-refractivity contribution < 1.29 is 21.9 Å². The summed E-state index contributed by atoms with van der Waals surface area (Å²) < 4.78 is 59.2. The number of hydrogen-bond acceptors (Lipinski definition) is 6. The van der Waals surface area contributed by atoms with Gasteiger partial charge in [-0.25, -0.2) is 17.2 Å². The first-order chi connectivity index (χ1) is 14.4. The molecule has 2 aromatic carbocycles. The number of benzene rings is 2. The van der Waals surface area contributed by atoms with Gasteiger partial charge in [-0.3, -0.25) is 4.72 Å². The number of sulfonamides is 1. The van der Waals surface area contributed by atoms with Crippen molar-refractivity contribution in [1.82, 2.24) is 10.2 Å². The third-order valence-electron chi connectivity index (χ3n) is 4.60. The van der Waals surface area contributed by atoms with Gasteiger partial charge >= 0.3 is 0 Å². The minimum atomic E-state index is -4.19. The molecule has 0 spiro atoms. The van der Waals surface area contributed by atoms with Crippen LogP contribution in [-0.2, 0) is 14.8 Å². The molecule has 0 aliphatic carbocycles. The summed E-state index contributed by atoms with van der Waals surface area (Å²) in [5.74, 6) is -1.24. The Bertz CT molecular complexity index is 1130. The highest BCUT2D eigenvalue weighted by atomic mass is 32.2. The molecule has 3 aromatic rings. The quantitative estimate of drug-likeness (QED) is 0.667. The zero-order chi connectivity index (χ0) is 21.1. The van der Waals surface area contributed by atoms with E-state index in [1.165, 1.54) is 12.1 Å². The van der Waals surface area contributed by atoms with Gasteiger partial charge < -0.3 is 9.64 Å². The number of hydrogen-bond donors (Lipinski definition) is 1. The molecule has 156 valence electrons. The fraction of sp³-hybridized carbons (Fsp3) is 0.200. The number of anilines is 2. The highest BCUT2D eigenvalue weighted by Gasteiger charge is 2.20. The monoisotopic (exact) mass is 432 g/mol. The summed E-state index contributed by atoms with van der Waals surface area (Å²) in [7, 11) is -4.19. The molecule has 1 aromatic heterocycles. The van der Waals surface area contributed by atoms with Crippen LogP contribution in [0.5, 0.6) is 0 Å². The van der Waals surface area contributed by atoms with Crippen LogP contribution in [0.3, 0.4) is 0 Å². The predicted octanol–water partition coefficient (Wildman–Crippen LogP) is 3.06. The Morgan fingerprint density at radius 1 is 0.933 bits per heavy atom. The first kappa shape index (κ1) is 20.2. The van der Waals surface area contributed by atoms with Crippen molar-refractivity contribution >= 4 is 21.5 Å². The molecule has 1 saturated heterocycles. The molecule has 0 amide bonds. The highest BCUT2D eigenvalue weighted by Crippen LogP contribution is 2.24. The zero-order valence-electron chi connectivity index (χ0n) is 15.8. The summed E-state index contributed by atoms with van der Waals surface area (Å²) in [6, 6.07) is 12.4. The molecule has 0 bridgehead atoms. The molecule has 0 unspecified atom stereocenters. The van der Waals surface area contributed by atoms with Crippen LogP contribution in [0.2, 0.25) is 0 Å². The Labute approximate surface area is 172 Å². The van der Waals surface area contributed by atoms with Crippen molar-refractivity contribution in [3.05, 3.63) is 66.2 Å². The van der Waals surface area contributed by atoms with Gasteiger partial charge in [-0.15, -0.1) is 10.2 Å². The number of ether oxygens (including phenoxy) is 1. The van der Waals surface area contributed by atoms with Crippen molar-refractivity contribution in [2.45, 2.75) is 4.90 Å². The first-order valence-corrected chi connectivity index (χ1v) is 10.7. The number of aromatic nitrogens is 2. The molecule has 0 atom stereocenters. The molecule has 1 N–H and O–H groups in total. The van der Waals surface area contributed by atoms with Crippen LogP contribution in [0, 0.1) is 11.6 Å². The minimum Gasteiger partial charge on any atom is -0.378 e. The topological polar surface area (TPSA) is 84.4 Å². The van der Waals surface area contributed by atoms with Crippen molar-refractivity contribution in [2.75, 3.05) is 35.9 Å². The molecule has 1 aliphatic heterocycles. The van der Waals surface area contributed by atoms with Gasteiger partial charge in [-0.2, -0.15) is 0 Å². The van der Waals surface area contributed by atoms with Gasteiger partial charge in [0.15, 0.2) is 5.82 Å². The third kappa shape index (κ3) is 4.39. The lowest BCUT2D eigenvalue weighted by molar-refractivity contribution is 0.122. The van der Waals surface area contributed by atoms with Gasteiger partial charge in [0.25, 0.3) is 10.0 Å². The molecule has 1 fully saturated rings. The van der Waals surface area contributed by atoms with Gasteiger partial charge in [-0.05, 0) is 36.4 Å². The molecular weight excluding hydrogens is 414 g/mol. The van der Waals surface area contributed by atoms with Crippen LogP contribution in [0.1, 0.15) is 0 Å². The average molecular weight is 432 g/mol. The van der Waals surface area contributed by atoms with Crippen molar-refractivity contribution in [2.24, 2.45) is 0 Å². The molecule has 30 heavy (non-hydrogen) atoms. The maximum absolute atomic E-state index is 13.8. The first-order valence-electron chi connectivity index (χ1n) is 9.17. The van der Waals surface area contributed by atoms with Gasteiger partial charge in [0.05, 0.1) is 18.9 Å². The number of nitrogens with one attached hydrogen (secondary N) is 1. The average Bonchev–Trinajstić information content (AvgIpc) is 2.74. The Morgan fingerprint density at radius 3 is 2.30 bits per heavy atom. The lowest BCUT2D eigenvalue weighted by atomic mass is 10.1. The number of rotatable bonds is 5. The second-order valence-corrected chi connectivity index (χ2v) is 8.28. The largest absolute Gasteiger partial charge is 0.378 e. The van der Waals surface area contributed by atoms with Crippen molar-refractivity contribution in [3.63, 3.8) is 0 Å². The summed E-state index contributed by atoms with van der Waals surface area (Å²) >= 11 is 0. The maximum atomic E-state index is 13.8. The fourth-order valence-corrected chi connectivity index (χ4v) is 4.17. The van der Waals surface area contributed by atoms with Crippen LogP contribution < -0.4 is 9.62 Å². The molecule has 10 heteroatoms. The third-order valence-corrected chi connectivity index (χ3v) is 6.02. The number of morpholine rings is 1. The van der Waals surface area contributed by atoms with E-state index in [2.05, 4.69) is 19.8 Å². The lowest BCUT2D eigenvalue weighted by Crippen LogP contribution is -2.36. The fourth-order valence-electron chi connectivity index (χ4n) is 3.05. The summed E-state index contributed by atoms with van der Waals surface area (Å²) in [4.78, 5) is 1.46. The van der Waals surface area contributed by atoms with E-state index in [4.69, 9.17) is 4.74 Å². The van der Waals surface area contributed by atoms with Crippen LogP contribution in [0.15, 0.2) is 59.5 Å². The van der Waals surface area contributed by atoms with Gasteiger partial charge in [0.2, 0.25) is 0 Å².